The Morgan fingerprint density at radius 1 is 1.38 bits per heavy atom. The van der Waals surface area contributed by atoms with Crippen LogP contribution in [0.4, 0.5) is 0 Å². The minimum absolute atomic E-state index is 0.352. The largest absolute Gasteiger partial charge is 0.496 e. The van der Waals surface area contributed by atoms with Gasteiger partial charge in [-0.2, -0.15) is 0 Å². The number of nitrogens with one attached hydrogen (secondary N) is 1. The van der Waals surface area contributed by atoms with Gasteiger partial charge in [0.1, 0.15) is 5.75 Å². The third kappa shape index (κ3) is 3.62. The van der Waals surface area contributed by atoms with E-state index in [2.05, 4.69) is 21.2 Å². The summed E-state index contributed by atoms with van der Waals surface area (Å²) in [5.74, 6) is -0.961. The molecule has 0 saturated carbocycles. The molecule has 21 heavy (non-hydrogen) atoms. The number of carboxylic acid groups (broad SMARTS) is 1. The summed E-state index contributed by atoms with van der Waals surface area (Å²) in [6.07, 6.45) is 0. The van der Waals surface area contributed by atoms with Gasteiger partial charge < -0.3 is 15.2 Å². The van der Waals surface area contributed by atoms with Gasteiger partial charge in [-0.25, -0.2) is 4.79 Å². The molecule has 2 aromatic rings. The van der Waals surface area contributed by atoms with Gasteiger partial charge in [0, 0.05) is 10.4 Å². The molecule has 0 saturated heterocycles. The van der Waals surface area contributed by atoms with Gasteiger partial charge in [0.15, 0.2) is 6.04 Å². The van der Waals surface area contributed by atoms with Crippen LogP contribution in [0.2, 0.25) is 0 Å². The predicted molar refractivity (Wildman–Crippen MR) is 82.9 cm³/mol. The molecular formula is C14H12BrNO4S. The summed E-state index contributed by atoms with van der Waals surface area (Å²) < 4.78 is 5.71. The Hall–Kier alpha value is -1.86. The number of rotatable bonds is 5. The van der Waals surface area contributed by atoms with Gasteiger partial charge in [-0.3, -0.25) is 4.79 Å². The maximum absolute atomic E-state index is 12.2. The maximum Gasteiger partial charge on any atom is 0.331 e. The zero-order valence-electron chi connectivity index (χ0n) is 11.0. The number of ether oxygens (including phenoxy) is 1. The smallest absolute Gasteiger partial charge is 0.331 e. The fourth-order valence-electron chi connectivity index (χ4n) is 1.73. The Labute approximate surface area is 133 Å². The monoisotopic (exact) mass is 369 g/mol. The second-order valence-corrected chi connectivity index (χ2v) is 5.94. The van der Waals surface area contributed by atoms with Gasteiger partial charge in [0.05, 0.1) is 11.6 Å². The predicted octanol–water partition coefficient (Wildman–Crippen LogP) is 3.07. The molecule has 1 aromatic heterocycles. The van der Waals surface area contributed by atoms with E-state index in [4.69, 9.17) is 4.74 Å². The third-order valence-electron chi connectivity index (χ3n) is 2.76. The second-order valence-electron chi connectivity index (χ2n) is 4.11. The van der Waals surface area contributed by atoms with Crippen LogP contribution in [0, 0.1) is 0 Å². The van der Waals surface area contributed by atoms with Crippen molar-refractivity contribution >= 4 is 39.1 Å². The van der Waals surface area contributed by atoms with Crippen LogP contribution in [0.25, 0.3) is 0 Å². The SMILES string of the molecule is COc1ccc(C(=O)NC(C(=O)O)c2cccs2)cc1Br. The van der Waals surface area contributed by atoms with E-state index >= 15 is 0 Å². The molecule has 0 spiro atoms. The number of thiophene rings is 1. The van der Waals surface area contributed by atoms with Gasteiger partial charge in [0.25, 0.3) is 5.91 Å². The minimum Gasteiger partial charge on any atom is -0.496 e. The lowest BCUT2D eigenvalue weighted by Gasteiger charge is -2.13. The summed E-state index contributed by atoms with van der Waals surface area (Å²) in [6, 6.07) is 7.16. The number of benzene rings is 1. The Bertz CT molecular complexity index is 657. The van der Waals surface area contributed by atoms with Crippen molar-refractivity contribution in [2.75, 3.05) is 7.11 Å². The van der Waals surface area contributed by atoms with E-state index in [9.17, 15) is 14.7 Å². The highest BCUT2D eigenvalue weighted by atomic mass is 79.9. The summed E-state index contributed by atoms with van der Waals surface area (Å²) in [6.45, 7) is 0. The summed E-state index contributed by atoms with van der Waals surface area (Å²) in [7, 11) is 1.52. The molecule has 1 aromatic carbocycles. The van der Waals surface area contributed by atoms with Crippen molar-refractivity contribution in [2.24, 2.45) is 0 Å². The van der Waals surface area contributed by atoms with Crippen LogP contribution in [-0.4, -0.2) is 24.1 Å². The molecular weight excluding hydrogens is 358 g/mol. The molecule has 0 aliphatic heterocycles. The van der Waals surface area contributed by atoms with E-state index in [-0.39, 0.29) is 0 Å². The van der Waals surface area contributed by atoms with Crippen LogP contribution in [-0.2, 0) is 4.79 Å². The van der Waals surface area contributed by atoms with E-state index in [1.54, 1.807) is 35.7 Å². The molecule has 0 aliphatic rings. The number of amides is 1. The number of methoxy groups -OCH3 is 1. The Kier molecular flexibility index (Phi) is 4.98. The number of halogens is 1. The van der Waals surface area contributed by atoms with Crippen molar-refractivity contribution < 1.29 is 19.4 Å². The van der Waals surface area contributed by atoms with Gasteiger partial charge in [-0.1, -0.05) is 6.07 Å². The standard InChI is InChI=1S/C14H12BrNO4S/c1-20-10-5-4-8(7-9(10)15)13(17)16-12(14(18)19)11-3-2-6-21-11/h2-7,12H,1H3,(H,16,17)(H,18,19). The fourth-order valence-corrected chi connectivity index (χ4v) is 3.04. The van der Waals surface area contributed by atoms with Gasteiger partial charge >= 0.3 is 5.97 Å². The lowest BCUT2D eigenvalue weighted by molar-refractivity contribution is -0.139. The first-order chi connectivity index (χ1) is 10.0. The fraction of sp³-hybridized carbons (Fsp3) is 0.143. The van der Waals surface area contributed by atoms with E-state index in [1.807, 2.05) is 0 Å². The maximum atomic E-state index is 12.2. The van der Waals surface area contributed by atoms with Crippen molar-refractivity contribution in [1.29, 1.82) is 0 Å². The van der Waals surface area contributed by atoms with Crippen LogP contribution >= 0.6 is 27.3 Å². The van der Waals surface area contributed by atoms with Gasteiger partial charge in [0.2, 0.25) is 0 Å². The van der Waals surface area contributed by atoms with Crippen molar-refractivity contribution in [3.05, 3.63) is 50.6 Å². The summed E-state index contributed by atoms with van der Waals surface area (Å²) in [4.78, 5) is 24.0. The van der Waals surface area contributed by atoms with Crippen molar-refractivity contribution in [3.63, 3.8) is 0 Å². The lowest BCUT2D eigenvalue weighted by Crippen LogP contribution is -2.33. The molecule has 0 radical (unpaired) electrons. The van der Waals surface area contributed by atoms with Crippen LogP contribution < -0.4 is 10.1 Å². The van der Waals surface area contributed by atoms with Gasteiger partial charge in [-0.05, 0) is 45.6 Å². The number of hydrogen-bond donors (Lipinski definition) is 2. The molecule has 1 heterocycles. The number of carbonyl (C=O) groups is 2. The molecule has 2 rings (SSSR count). The summed E-state index contributed by atoms with van der Waals surface area (Å²) in [5.41, 5.74) is 0.352. The quantitative estimate of drug-likeness (QED) is 0.848. The normalized spacial score (nSPS) is 11.7. The van der Waals surface area contributed by atoms with Crippen molar-refractivity contribution in [2.45, 2.75) is 6.04 Å². The van der Waals surface area contributed by atoms with Crippen molar-refractivity contribution in [1.82, 2.24) is 5.32 Å². The highest BCUT2D eigenvalue weighted by Gasteiger charge is 2.23. The highest BCUT2D eigenvalue weighted by molar-refractivity contribution is 9.10. The summed E-state index contributed by atoms with van der Waals surface area (Å²) >= 11 is 4.57. The number of hydrogen-bond acceptors (Lipinski definition) is 4. The van der Waals surface area contributed by atoms with Gasteiger partial charge in [-0.15, -0.1) is 11.3 Å². The Morgan fingerprint density at radius 3 is 2.67 bits per heavy atom. The lowest BCUT2D eigenvalue weighted by atomic mass is 10.1. The Balaban J connectivity index is 2.20. The zero-order chi connectivity index (χ0) is 15.4. The first kappa shape index (κ1) is 15.5. The molecule has 5 nitrogen and oxygen atoms in total. The molecule has 0 bridgehead atoms. The number of aliphatic carboxylic acids is 1. The Morgan fingerprint density at radius 2 is 2.14 bits per heavy atom. The summed E-state index contributed by atoms with van der Waals surface area (Å²) in [5, 5.41) is 13.5. The minimum atomic E-state index is -1.10. The van der Waals surface area contributed by atoms with E-state index in [1.165, 1.54) is 18.4 Å². The molecule has 110 valence electrons. The first-order valence-electron chi connectivity index (χ1n) is 5.93. The molecule has 2 N–H and O–H groups in total. The van der Waals surface area contributed by atoms with E-state index in [0.29, 0.717) is 20.7 Å². The highest BCUT2D eigenvalue weighted by Crippen LogP contribution is 2.26. The van der Waals surface area contributed by atoms with Crippen LogP contribution in [0.5, 0.6) is 5.75 Å². The van der Waals surface area contributed by atoms with E-state index < -0.39 is 17.9 Å². The second kappa shape index (κ2) is 6.73. The van der Waals surface area contributed by atoms with Crippen LogP contribution in [0.3, 0.4) is 0 Å². The van der Waals surface area contributed by atoms with Crippen LogP contribution in [0.15, 0.2) is 40.2 Å². The first-order valence-corrected chi connectivity index (χ1v) is 7.61. The third-order valence-corrected chi connectivity index (χ3v) is 4.32. The average Bonchev–Trinajstić information content (AvgIpc) is 2.97. The molecule has 7 heteroatoms. The molecule has 0 fully saturated rings. The molecule has 0 aliphatic carbocycles. The van der Waals surface area contributed by atoms with Crippen LogP contribution in [0.1, 0.15) is 21.3 Å². The van der Waals surface area contributed by atoms with E-state index in [0.717, 1.165) is 0 Å². The topological polar surface area (TPSA) is 75.6 Å². The zero-order valence-corrected chi connectivity index (χ0v) is 13.4. The molecule has 1 unspecified atom stereocenters. The molecule has 1 atom stereocenters. The van der Waals surface area contributed by atoms with Crippen molar-refractivity contribution in [3.8, 4) is 5.75 Å². The average molecular weight is 370 g/mol. The molecule has 1 amide bonds. The number of carbonyl (C=O) groups excluding carboxylic acids is 1. The number of carboxylic acids is 1.